The maximum atomic E-state index is 11.8. The second-order valence-corrected chi connectivity index (χ2v) is 6.81. The summed E-state index contributed by atoms with van der Waals surface area (Å²) in [5.74, 6) is 0.0690. The van der Waals surface area contributed by atoms with Crippen LogP contribution < -0.4 is 0 Å². The van der Waals surface area contributed by atoms with E-state index in [-0.39, 0.29) is 5.78 Å². The van der Waals surface area contributed by atoms with Crippen LogP contribution >= 0.6 is 0 Å². The summed E-state index contributed by atoms with van der Waals surface area (Å²) in [5.41, 5.74) is 0. The van der Waals surface area contributed by atoms with Crippen molar-refractivity contribution in [1.29, 1.82) is 0 Å². The number of ketones is 1. The molecular weight excluding hydrogens is 272 g/mol. The van der Waals surface area contributed by atoms with Crippen molar-refractivity contribution in [3.63, 3.8) is 0 Å². The summed E-state index contributed by atoms with van der Waals surface area (Å²) in [6.07, 6.45) is 22.2. The molecule has 1 aliphatic rings. The van der Waals surface area contributed by atoms with Gasteiger partial charge < -0.3 is 5.11 Å². The summed E-state index contributed by atoms with van der Waals surface area (Å²) >= 11 is 0. The molecule has 1 unspecified atom stereocenters. The van der Waals surface area contributed by atoms with Gasteiger partial charge in [-0.2, -0.15) is 0 Å². The molecule has 0 spiro atoms. The van der Waals surface area contributed by atoms with Crippen LogP contribution in [0.1, 0.15) is 103 Å². The number of rotatable bonds is 0. The van der Waals surface area contributed by atoms with Crippen molar-refractivity contribution in [3.05, 3.63) is 12.2 Å². The Morgan fingerprint density at radius 3 is 1.73 bits per heavy atom. The Morgan fingerprint density at radius 2 is 1.14 bits per heavy atom. The summed E-state index contributed by atoms with van der Waals surface area (Å²) < 4.78 is 0. The van der Waals surface area contributed by atoms with Crippen LogP contribution in [0.5, 0.6) is 0 Å². The first-order valence-electron chi connectivity index (χ1n) is 9.66. The van der Waals surface area contributed by atoms with Crippen molar-refractivity contribution >= 4 is 5.78 Å². The second-order valence-electron chi connectivity index (χ2n) is 6.81. The minimum Gasteiger partial charge on any atom is -0.385 e. The lowest BCUT2D eigenvalue weighted by atomic mass is 10.0. The summed E-state index contributed by atoms with van der Waals surface area (Å²) in [6.45, 7) is 0. The lowest BCUT2D eigenvalue weighted by molar-refractivity contribution is -0.127. The molecule has 0 fully saturated rings. The molecule has 0 aromatic carbocycles. The average molecular weight is 309 g/mol. The number of aliphatic hydroxyl groups is 1. The zero-order valence-electron chi connectivity index (χ0n) is 14.4. The van der Waals surface area contributed by atoms with E-state index in [0.717, 1.165) is 25.7 Å². The van der Waals surface area contributed by atoms with Gasteiger partial charge in [-0.3, -0.25) is 4.79 Å². The van der Waals surface area contributed by atoms with Gasteiger partial charge in [-0.05, 0) is 38.5 Å². The fourth-order valence-corrected chi connectivity index (χ4v) is 3.14. The van der Waals surface area contributed by atoms with E-state index in [4.69, 9.17) is 0 Å². The molecule has 1 N–H and O–H groups in total. The van der Waals surface area contributed by atoms with Crippen LogP contribution in [0.25, 0.3) is 0 Å². The van der Waals surface area contributed by atoms with E-state index in [1.807, 2.05) is 0 Å². The summed E-state index contributed by atoms with van der Waals surface area (Å²) in [4.78, 5) is 11.8. The molecule has 0 saturated carbocycles. The quantitative estimate of drug-likeness (QED) is 0.580. The van der Waals surface area contributed by atoms with Crippen molar-refractivity contribution in [3.8, 4) is 0 Å². The van der Waals surface area contributed by atoms with E-state index in [9.17, 15) is 9.90 Å². The Labute approximate surface area is 137 Å². The van der Waals surface area contributed by atoms with Crippen molar-refractivity contribution in [2.45, 2.75) is 109 Å². The molecule has 128 valence electrons. The highest BCUT2D eigenvalue weighted by atomic mass is 16.3. The van der Waals surface area contributed by atoms with E-state index in [2.05, 4.69) is 12.2 Å². The Bertz CT molecular complexity index is 296. The third kappa shape index (κ3) is 11.0. The Hall–Kier alpha value is -0.630. The molecular formula is C20H36O2. The standard InChI is InChI=1S/C20H36O2/c21-19-17-15-13-11-9-7-5-3-1-2-4-6-8-10-12-14-16-18-20(19)22/h1,3,19,21H,2,4-18H2. The molecule has 0 aliphatic heterocycles. The molecule has 0 heterocycles. The van der Waals surface area contributed by atoms with Crippen LogP contribution in [0.15, 0.2) is 12.2 Å². The first kappa shape index (κ1) is 19.4. The van der Waals surface area contributed by atoms with Gasteiger partial charge in [0.25, 0.3) is 0 Å². The molecule has 0 radical (unpaired) electrons. The van der Waals surface area contributed by atoms with Crippen molar-refractivity contribution < 1.29 is 9.90 Å². The van der Waals surface area contributed by atoms with Gasteiger partial charge in [0, 0.05) is 6.42 Å². The van der Waals surface area contributed by atoms with Gasteiger partial charge in [-0.25, -0.2) is 0 Å². The highest BCUT2D eigenvalue weighted by Crippen LogP contribution is 2.14. The number of aliphatic hydroxyl groups excluding tert-OH is 1. The third-order valence-corrected chi connectivity index (χ3v) is 4.68. The van der Waals surface area contributed by atoms with Gasteiger partial charge in [-0.15, -0.1) is 0 Å². The molecule has 0 amide bonds. The maximum absolute atomic E-state index is 11.8. The van der Waals surface area contributed by atoms with Crippen LogP contribution in [0.3, 0.4) is 0 Å². The average Bonchev–Trinajstić information content (AvgIpc) is 2.52. The Kier molecular flexibility index (Phi) is 12.4. The van der Waals surface area contributed by atoms with Gasteiger partial charge in [0.15, 0.2) is 5.78 Å². The van der Waals surface area contributed by atoms with Crippen LogP contribution in [0, 0.1) is 0 Å². The lowest BCUT2D eigenvalue weighted by Gasteiger charge is -2.09. The van der Waals surface area contributed by atoms with Gasteiger partial charge in [0.05, 0.1) is 0 Å². The SMILES string of the molecule is O=C1CCCCCCCCCC=CCCCCCCCC1O. The number of hydrogen-bond acceptors (Lipinski definition) is 2. The van der Waals surface area contributed by atoms with E-state index >= 15 is 0 Å². The first-order chi connectivity index (χ1) is 10.8. The zero-order valence-corrected chi connectivity index (χ0v) is 14.4. The molecule has 0 saturated heterocycles. The molecule has 0 aromatic heterocycles. The molecule has 2 nitrogen and oxygen atoms in total. The summed E-state index contributed by atoms with van der Waals surface area (Å²) in [5, 5.41) is 9.88. The fourth-order valence-electron chi connectivity index (χ4n) is 3.14. The minimum absolute atomic E-state index is 0.0690. The number of carbonyl (C=O) groups is 1. The molecule has 0 bridgehead atoms. The highest BCUT2D eigenvalue weighted by Gasteiger charge is 2.13. The van der Waals surface area contributed by atoms with Gasteiger partial charge in [0.1, 0.15) is 6.10 Å². The Balaban J connectivity index is 2.23. The third-order valence-electron chi connectivity index (χ3n) is 4.68. The molecule has 1 aliphatic carbocycles. The van der Waals surface area contributed by atoms with Crippen LogP contribution in [-0.2, 0) is 4.79 Å². The van der Waals surface area contributed by atoms with E-state index in [1.165, 1.54) is 64.2 Å². The van der Waals surface area contributed by atoms with Crippen LogP contribution in [-0.4, -0.2) is 17.0 Å². The van der Waals surface area contributed by atoms with Crippen LogP contribution in [0.2, 0.25) is 0 Å². The summed E-state index contributed by atoms with van der Waals surface area (Å²) in [7, 11) is 0. The second kappa shape index (κ2) is 14.0. The topological polar surface area (TPSA) is 37.3 Å². The van der Waals surface area contributed by atoms with Gasteiger partial charge >= 0.3 is 0 Å². The minimum atomic E-state index is -0.700. The van der Waals surface area contributed by atoms with Crippen molar-refractivity contribution in [2.75, 3.05) is 0 Å². The van der Waals surface area contributed by atoms with E-state index in [0.29, 0.717) is 12.8 Å². The fraction of sp³-hybridized carbons (Fsp3) is 0.850. The molecule has 22 heavy (non-hydrogen) atoms. The van der Waals surface area contributed by atoms with Crippen LogP contribution in [0.4, 0.5) is 0 Å². The highest BCUT2D eigenvalue weighted by molar-refractivity contribution is 5.82. The van der Waals surface area contributed by atoms with E-state index in [1.54, 1.807) is 0 Å². The molecule has 1 atom stereocenters. The largest absolute Gasteiger partial charge is 0.385 e. The number of allylic oxidation sites excluding steroid dienone is 2. The predicted molar refractivity (Wildman–Crippen MR) is 94.0 cm³/mol. The normalized spacial score (nSPS) is 25.7. The molecule has 0 aromatic rings. The maximum Gasteiger partial charge on any atom is 0.161 e. The molecule has 2 heteroatoms. The number of carbonyl (C=O) groups excluding carboxylic acids is 1. The zero-order chi connectivity index (χ0) is 15.9. The van der Waals surface area contributed by atoms with Gasteiger partial charge in [-0.1, -0.05) is 69.9 Å². The van der Waals surface area contributed by atoms with Crippen molar-refractivity contribution in [2.24, 2.45) is 0 Å². The van der Waals surface area contributed by atoms with E-state index < -0.39 is 6.10 Å². The molecule has 1 rings (SSSR count). The first-order valence-corrected chi connectivity index (χ1v) is 9.66. The number of Topliss-reactive ketones (excluding diaryl/α,β-unsaturated/α-hetero) is 1. The van der Waals surface area contributed by atoms with Crippen molar-refractivity contribution in [1.82, 2.24) is 0 Å². The smallest absolute Gasteiger partial charge is 0.161 e. The lowest BCUT2D eigenvalue weighted by Crippen LogP contribution is -2.19. The number of hydrogen-bond donors (Lipinski definition) is 1. The summed E-state index contributed by atoms with van der Waals surface area (Å²) in [6, 6.07) is 0. The predicted octanol–water partition coefficient (Wildman–Crippen LogP) is 5.73. The Morgan fingerprint density at radius 1 is 0.682 bits per heavy atom. The monoisotopic (exact) mass is 308 g/mol. The van der Waals surface area contributed by atoms with Gasteiger partial charge in [0.2, 0.25) is 0 Å².